The number of benzene rings is 4. The monoisotopic (exact) mass is 627 g/mol. The summed E-state index contributed by atoms with van der Waals surface area (Å²) in [5, 5.41) is 26.5. The van der Waals surface area contributed by atoms with Gasteiger partial charge in [0, 0.05) is 37.0 Å². The molecule has 0 saturated heterocycles. The lowest BCUT2D eigenvalue weighted by Crippen LogP contribution is -2.34. The highest BCUT2D eigenvalue weighted by Gasteiger charge is 2.32. The summed E-state index contributed by atoms with van der Waals surface area (Å²) in [4.78, 5) is 17.6. The van der Waals surface area contributed by atoms with Gasteiger partial charge in [-0.1, -0.05) is 66.2 Å². The molecule has 2 aromatic heterocycles. The molecule has 46 heavy (non-hydrogen) atoms. The number of nitrogens with zero attached hydrogens (tertiary/aromatic N) is 6. The van der Waals surface area contributed by atoms with Gasteiger partial charge in [0.25, 0.3) is 0 Å². The predicted octanol–water partition coefficient (Wildman–Crippen LogP) is 7.72. The Balaban J connectivity index is 0.986. The summed E-state index contributed by atoms with van der Waals surface area (Å²) in [7, 11) is 1.85. The topological polar surface area (TPSA) is 101 Å². The second-order valence-electron chi connectivity index (χ2n) is 12.5. The normalized spacial score (nSPS) is 18.3. The van der Waals surface area contributed by atoms with Gasteiger partial charge in [0.15, 0.2) is 5.82 Å². The number of anilines is 2. The molecule has 6 aromatic rings. The summed E-state index contributed by atoms with van der Waals surface area (Å²) in [5.74, 6) is 1.52. The van der Waals surface area contributed by atoms with E-state index >= 15 is 0 Å². The van der Waals surface area contributed by atoms with E-state index in [9.17, 15) is 9.90 Å². The van der Waals surface area contributed by atoms with E-state index in [2.05, 4.69) is 69.7 Å². The molecule has 0 fully saturated rings. The molecule has 0 radical (unpaired) electrons. The van der Waals surface area contributed by atoms with Gasteiger partial charge in [-0.25, -0.2) is 9.48 Å². The van der Waals surface area contributed by atoms with Gasteiger partial charge in [0.05, 0.1) is 28.5 Å². The molecule has 3 aliphatic rings. The summed E-state index contributed by atoms with van der Waals surface area (Å²) < 4.78 is 3.86. The van der Waals surface area contributed by atoms with Crippen LogP contribution in [0.1, 0.15) is 46.2 Å². The summed E-state index contributed by atoms with van der Waals surface area (Å²) >= 11 is 7.01. The zero-order valence-corrected chi connectivity index (χ0v) is 25.9. The zero-order valence-electron chi connectivity index (χ0n) is 25.1. The van der Waals surface area contributed by atoms with E-state index in [1.807, 2.05) is 31.4 Å². The fraction of sp³-hybridized carbons (Fsp3) is 0.222. The van der Waals surface area contributed by atoms with E-state index in [1.165, 1.54) is 32.4 Å². The SMILES string of the molecule is Cn1nc(-c2ccc3c(c2)CCN(C(=O)O)C3)nc1Nc1ccc2c(cnn2C2Cc3ccc4cccc5c4c3C(C=C5)C2)c1Cl. The quantitative estimate of drug-likeness (QED) is 0.208. The lowest BCUT2D eigenvalue weighted by Gasteiger charge is -2.34. The first-order valence-corrected chi connectivity index (χ1v) is 16.0. The van der Waals surface area contributed by atoms with E-state index in [0.717, 1.165) is 46.1 Å². The lowest BCUT2D eigenvalue weighted by molar-refractivity contribution is 0.140. The maximum absolute atomic E-state index is 11.4. The van der Waals surface area contributed by atoms with Crippen molar-refractivity contribution >= 4 is 57.1 Å². The molecule has 3 heterocycles. The minimum absolute atomic E-state index is 0.224. The van der Waals surface area contributed by atoms with Crippen molar-refractivity contribution in [2.75, 3.05) is 11.9 Å². The van der Waals surface area contributed by atoms with Gasteiger partial charge in [0.1, 0.15) is 0 Å². The fourth-order valence-corrected chi connectivity index (χ4v) is 7.87. The third kappa shape index (κ3) is 4.22. The van der Waals surface area contributed by atoms with Crippen molar-refractivity contribution in [3.05, 3.63) is 106 Å². The number of amides is 1. The van der Waals surface area contributed by atoms with Crippen molar-refractivity contribution in [3.8, 4) is 11.4 Å². The van der Waals surface area contributed by atoms with Crippen LogP contribution >= 0.6 is 11.6 Å². The van der Waals surface area contributed by atoms with Crippen molar-refractivity contribution in [1.82, 2.24) is 29.4 Å². The van der Waals surface area contributed by atoms with Crippen LogP contribution in [0.2, 0.25) is 5.02 Å². The van der Waals surface area contributed by atoms with Crippen molar-refractivity contribution < 1.29 is 9.90 Å². The average Bonchev–Trinajstić information content (AvgIpc) is 3.68. The third-order valence-corrected chi connectivity index (χ3v) is 10.3. The van der Waals surface area contributed by atoms with Crippen LogP contribution in [0.4, 0.5) is 16.4 Å². The molecule has 0 bridgehead atoms. The number of rotatable bonds is 4. The molecule has 4 aromatic carbocycles. The number of nitrogens with one attached hydrogen (secondary N) is 1. The molecule has 2 N–H and O–H groups in total. The van der Waals surface area contributed by atoms with Crippen molar-refractivity contribution in [2.45, 2.75) is 37.8 Å². The Morgan fingerprint density at radius 2 is 1.96 bits per heavy atom. The molecule has 228 valence electrons. The number of fused-ring (bicyclic) bond motifs is 2. The van der Waals surface area contributed by atoms with E-state index in [-0.39, 0.29) is 6.04 Å². The number of halogens is 1. The van der Waals surface area contributed by atoms with Crippen LogP contribution in [0.25, 0.3) is 39.1 Å². The van der Waals surface area contributed by atoms with Crippen molar-refractivity contribution in [1.29, 1.82) is 0 Å². The minimum Gasteiger partial charge on any atom is -0.465 e. The van der Waals surface area contributed by atoms with E-state index in [4.69, 9.17) is 21.7 Å². The standard InChI is InChI=1S/C36H30ClN7O2/c1-42-35(40-34(41-42)25-9-10-26-19-43(36(45)46)14-13-22(26)15-25)39-29-11-12-30-28(33(29)37)18-38-44(30)27-16-23-7-5-20-3-2-4-21-6-8-24(17-27)32(23)31(20)21/h2-12,15,18,23,27H,13-14,16-17,19H2,1H3,(H,45,46)(H,39,40,41). The molecule has 0 spiro atoms. The number of hydrogen-bond acceptors (Lipinski definition) is 5. The summed E-state index contributed by atoms with van der Waals surface area (Å²) in [6.45, 7) is 0.879. The van der Waals surface area contributed by atoms with Gasteiger partial charge in [-0.2, -0.15) is 10.1 Å². The van der Waals surface area contributed by atoms with Gasteiger partial charge in [-0.3, -0.25) is 4.68 Å². The third-order valence-electron chi connectivity index (χ3n) is 9.89. The Morgan fingerprint density at radius 1 is 1.07 bits per heavy atom. The maximum atomic E-state index is 11.4. The zero-order chi connectivity index (χ0) is 31.1. The van der Waals surface area contributed by atoms with Crippen molar-refractivity contribution in [3.63, 3.8) is 0 Å². The second kappa shape index (κ2) is 10.2. The highest BCUT2D eigenvalue weighted by atomic mass is 35.5. The fourth-order valence-electron chi connectivity index (χ4n) is 7.62. The van der Waals surface area contributed by atoms with Crippen LogP contribution in [-0.2, 0) is 26.4 Å². The van der Waals surface area contributed by atoms with Crippen LogP contribution in [0, 0.1) is 0 Å². The van der Waals surface area contributed by atoms with Gasteiger partial charge in [0.2, 0.25) is 5.95 Å². The van der Waals surface area contributed by atoms with Gasteiger partial charge in [-0.05, 0) is 76.1 Å². The second-order valence-corrected chi connectivity index (χ2v) is 12.9. The highest BCUT2D eigenvalue weighted by Crippen LogP contribution is 2.46. The highest BCUT2D eigenvalue weighted by molar-refractivity contribution is 6.38. The number of aryl methyl sites for hydroxylation is 1. The molecule has 0 saturated carbocycles. The molecule has 9 rings (SSSR count). The molecule has 2 aliphatic carbocycles. The number of aromatic nitrogens is 5. The summed E-state index contributed by atoms with van der Waals surface area (Å²) in [6, 6.07) is 21.4. The van der Waals surface area contributed by atoms with E-state index < -0.39 is 6.09 Å². The summed E-state index contributed by atoms with van der Waals surface area (Å²) in [5.41, 5.74) is 8.97. The Kier molecular flexibility index (Phi) is 6.02. The number of carbonyl (C=O) groups is 1. The molecule has 1 amide bonds. The largest absolute Gasteiger partial charge is 0.465 e. The minimum atomic E-state index is -0.890. The first kappa shape index (κ1) is 27.2. The van der Waals surface area contributed by atoms with Crippen molar-refractivity contribution in [2.24, 2.45) is 7.05 Å². The first-order chi connectivity index (χ1) is 22.4. The smallest absolute Gasteiger partial charge is 0.407 e. The Bertz CT molecular complexity index is 2270. The Morgan fingerprint density at radius 3 is 2.85 bits per heavy atom. The number of carboxylic acid groups (broad SMARTS) is 1. The van der Waals surface area contributed by atoms with Gasteiger partial charge >= 0.3 is 6.09 Å². The van der Waals surface area contributed by atoms with Gasteiger partial charge < -0.3 is 15.3 Å². The Hall–Kier alpha value is -5.15. The van der Waals surface area contributed by atoms with Crippen LogP contribution in [0.15, 0.2) is 72.9 Å². The average molecular weight is 628 g/mol. The number of allylic oxidation sites excluding steroid dienone is 1. The van der Waals surface area contributed by atoms with Gasteiger partial charge in [-0.15, -0.1) is 5.10 Å². The van der Waals surface area contributed by atoms with Crippen LogP contribution in [-0.4, -0.2) is 47.2 Å². The molecular formula is C36H30ClN7O2. The molecule has 2 atom stereocenters. The molecule has 9 nitrogen and oxygen atoms in total. The maximum Gasteiger partial charge on any atom is 0.407 e. The molecule has 2 unspecified atom stereocenters. The first-order valence-electron chi connectivity index (χ1n) is 15.6. The van der Waals surface area contributed by atoms with Crippen LogP contribution in [0.5, 0.6) is 0 Å². The predicted molar refractivity (Wildman–Crippen MR) is 180 cm³/mol. The molecule has 1 aliphatic heterocycles. The van der Waals surface area contributed by atoms with E-state index in [0.29, 0.717) is 42.2 Å². The van der Waals surface area contributed by atoms with E-state index in [1.54, 1.807) is 4.68 Å². The lowest BCUT2D eigenvalue weighted by atomic mass is 9.74. The van der Waals surface area contributed by atoms with Crippen LogP contribution < -0.4 is 5.32 Å². The Labute approximate surface area is 269 Å². The number of hydrogen-bond donors (Lipinski definition) is 2. The van der Waals surface area contributed by atoms with Crippen LogP contribution in [0.3, 0.4) is 0 Å². The molecule has 10 heteroatoms. The molecular weight excluding hydrogens is 598 g/mol. The summed E-state index contributed by atoms with van der Waals surface area (Å²) in [6.07, 6.45) is 8.21.